The number of carbonyl (C=O) groups excluding carboxylic acids is 1. The van der Waals surface area contributed by atoms with Crippen LogP contribution in [0.2, 0.25) is 0 Å². The topological polar surface area (TPSA) is 66.8 Å². The Morgan fingerprint density at radius 1 is 1.06 bits per heavy atom. The zero-order valence-electron chi connectivity index (χ0n) is 21.0. The molecule has 1 amide bonds. The minimum atomic E-state index is -1.13. The number of amides is 1. The summed E-state index contributed by atoms with van der Waals surface area (Å²) in [6.07, 6.45) is 2.33. The van der Waals surface area contributed by atoms with Gasteiger partial charge in [-0.05, 0) is 78.3 Å². The van der Waals surface area contributed by atoms with Crippen LogP contribution in [0, 0.1) is 5.82 Å². The Hall–Kier alpha value is -3.67. The average molecular weight is 490 g/mol. The van der Waals surface area contributed by atoms with Crippen LogP contribution in [0.4, 0.5) is 4.39 Å². The lowest BCUT2D eigenvalue weighted by Gasteiger charge is -2.36. The maximum Gasteiger partial charge on any atom is 0.323 e. The molecular formula is C30H32FNO4. The summed E-state index contributed by atoms with van der Waals surface area (Å²) in [5.41, 5.74) is 4.02. The monoisotopic (exact) mass is 489 g/mol. The number of fused-ring (bicyclic) bond motifs is 1. The molecule has 0 saturated heterocycles. The van der Waals surface area contributed by atoms with Crippen LogP contribution in [0.3, 0.4) is 0 Å². The number of carboxylic acid groups (broad SMARTS) is 1. The summed E-state index contributed by atoms with van der Waals surface area (Å²) in [5, 5.41) is 9.34. The van der Waals surface area contributed by atoms with E-state index in [9.17, 15) is 19.1 Å². The number of rotatable bonds is 8. The number of aryl methyl sites for hydroxylation is 1. The van der Waals surface area contributed by atoms with Gasteiger partial charge < -0.3 is 14.7 Å². The summed E-state index contributed by atoms with van der Waals surface area (Å²) < 4.78 is 20.0. The van der Waals surface area contributed by atoms with E-state index in [2.05, 4.69) is 45.0 Å². The Balaban J connectivity index is 1.49. The van der Waals surface area contributed by atoms with E-state index in [0.717, 1.165) is 30.6 Å². The lowest BCUT2D eigenvalue weighted by atomic mass is 9.86. The molecule has 4 rings (SSSR count). The maximum atomic E-state index is 13.6. The Labute approximate surface area is 211 Å². The number of aliphatic carboxylic acids is 1. The molecule has 1 aliphatic rings. The molecule has 0 aromatic heterocycles. The summed E-state index contributed by atoms with van der Waals surface area (Å²) in [5.74, 6) is -0.736. The highest BCUT2D eigenvalue weighted by Crippen LogP contribution is 2.36. The summed E-state index contributed by atoms with van der Waals surface area (Å²) >= 11 is 0. The van der Waals surface area contributed by atoms with Gasteiger partial charge in [-0.25, -0.2) is 4.39 Å². The van der Waals surface area contributed by atoms with E-state index in [-0.39, 0.29) is 12.1 Å². The van der Waals surface area contributed by atoms with Crippen molar-refractivity contribution in [3.63, 3.8) is 0 Å². The third kappa shape index (κ3) is 6.11. The van der Waals surface area contributed by atoms with Crippen LogP contribution in [-0.2, 0) is 24.2 Å². The normalized spacial score (nSPS) is 16.8. The van der Waals surface area contributed by atoms with Gasteiger partial charge in [-0.15, -0.1) is 0 Å². The second kappa shape index (κ2) is 10.5. The minimum absolute atomic E-state index is 0.00412. The fraction of sp³-hybridized carbons (Fsp3) is 0.333. The average Bonchev–Trinajstić information content (AvgIpc) is 2.83. The highest BCUT2D eigenvalue weighted by atomic mass is 19.1. The van der Waals surface area contributed by atoms with Crippen LogP contribution < -0.4 is 4.74 Å². The molecule has 3 aromatic rings. The largest absolute Gasteiger partial charge is 0.487 e. The first kappa shape index (κ1) is 25.4. The van der Waals surface area contributed by atoms with E-state index in [1.807, 2.05) is 0 Å². The molecule has 5 nitrogen and oxygen atoms in total. The van der Waals surface area contributed by atoms with E-state index in [0.29, 0.717) is 17.0 Å². The molecule has 1 unspecified atom stereocenters. The van der Waals surface area contributed by atoms with Gasteiger partial charge in [-0.1, -0.05) is 50.2 Å². The summed E-state index contributed by atoms with van der Waals surface area (Å²) in [6, 6.07) is 19.7. The first-order chi connectivity index (χ1) is 17.1. The van der Waals surface area contributed by atoms with Crippen molar-refractivity contribution in [3.05, 3.63) is 100 Å². The van der Waals surface area contributed by atoms with E-state index in [4.69, 9.17) is 4.74 Å². The van der Waals surface area contributed by atoms with Gasteiger partial charge >= 0.3 is 5.97 Å². The highest BCUT2D eigenvalue weighted by molar-refractivity contribution is 5.96. The van der Waals surface area contributed by atoms with Crippen LogP contribution >= 0.6 is 0 Å². The molecule has 0 fully saturated rings. The van der Waals surface area contributed by atoms with Crippen molar-refractivity contribution in [2.75, 3.05) is 6.54 Å². The Kier molecular flexibility index (Phi) is 7.43. The van der Waals surface area contributed by atoms with E-state index in [1.165, 1.54) is 28.2 Å². The molecule has 0 radical (unpaired) electrons. The van der Waals surface area contributed by atoms with Gasteiger partial charge in [0.05, 0.1) is 0 Å². The lowest BCUT2D eigenvalue weighted by Crippen LogP contribution is -2.39. The Morgan fingerprint density at radius 3 is 2.47 bits per heavy atom. The Morgan fingerprint density at radius 2 is 1.81 bits per heavy atom. The molecular weight excluding hydrogens is 457 g/mol. The lowest BCUT2D eigenvalue weighted by molar-refractivity contribution is -0.137. The van der Waals surface area contributed by atoms with Gasteiger partial charge in [0.25, 0.3) is 5.91 Å². The van der Waals surface area contributed by atoms with Crippen molar-refractivity contribution in [2.45, 2.75) is 58.1 Å². The van der Waals surface area contributed by atoms with Crippen LogP contribution in [0.1, 0.15) is 65.7 Å². The van der Waals surface area contributed by atoms with Crippen LogP contribution in [0.15, 0.2) is 66.7 Å². The zero-order valence-corrected chi connectivity index (χ0v) is 21.0. The fourth-order valence-electron chi connectivity index (χ4n) is 4.70. The van der Waals surface area contributed by atoms with Gasteiger partial charge in [0.1, 0.15) is 23.7 Å². The second-order valence-corrected chi connectivity index (χ2v) is 10.1. The molecule has 188 valence electrons. The third-order valence-electron chi connectivity index (χ3n) is 6.69. The van der Waals surface area contributed by atoms with Crippen molar-refractivity contribution in [1.82, 2.24) is 4.90 Å². The number of benzene rings is 3. The molecule has 0 saturated carbocycles. The number of carbonyl (C=O) groups is 2. The van der Waals surface area contributed by atoms with Crippen LogP contribution in [0.25, 0.3) is 0 Å². The predicted octanol–water partition coefficient (Wildman–Crippen LogP) is 6.00. The maximum absolute atomic E-state index is 13.6. The molecule has 3 aromatic carbocycles. The van der Waals surface area contributed by atoms with Gasteiger partial charge in [0.15, 0.2) is 0 Å². The van der Waals surface area contributed by atoms with E-state index in [1.54, 1.807) is 30.3 Å². The quantitative estimate of drug-likeness (QED) is 0.421. The predicted molar refractivity (Wildman–Crippen MR) is 137 cm³/mol. The van der Waals surface area contributed by atoms with Crippen LogP contribution in [0.5, 0.6) is 5.75 Å². The van der Waals surface area contributed by atoms with Crippen molar-refractivity contribution < 1.29 is 23.8 Å². The zero-order chi connectivity index (χ0) is 25.9. The molecule has 1 N–H and O–H groups in total. The first-order valence-electron chi connectivity index (χ1n) is 12.3. The summed E-state index contributed by atoms with van der Waals surface area (Å²) in [4.78, 5) is 25.9. The smallest absolute Gasteiger partial charge is 0.323 e. The molecule has 36 heavy (non-hydrogen) atoms. The molecule has 1 aliphatic heterocycles. The van der Waals surface area contributed by atoms with Gasteiger partial charge in [0, 0.05) is 18.5 Å². The van der Waals surface area contributed by atoms with Crippen molar-refractivity contribution in [3.8, 4) is 5.75 Å². The van der Waals surface area contributed by atoms with Gasteiger partial charge in [0.2, 0.25) is 0 Å². The molecule has 0 aliphatic carbocycles. The fourth-order valence-corrected chi connectivity index (χ4v) is 4.70. The molecule has 0 spiro atoms. The van der Waals surface area contributed by atoms with Crippen LogP contribution in [-0.4, -0.2) is 34.0 Å². The molecule has 0 bridgehead atoms. The SMILES string of the molecule is CC(C)c1ccc(CC2(C)CCc3cc(C(=O)N(CC(=O)O)Cc4cccc(F)c4)ccc3O2)cc1. The number of carboxylic acids is 1. The molecule has 1 heterocycles. The highest BCUT2D eigenvalue weighted by Gasteiger charge is 2.32. The Bertz CT molecular complexity index is 1250. The number of halogens is 1. The first-order valence-corrected chi connectivity index (χ1v) is 12.3. The third-order valence-corrected chi connectivity index (χ3v) is 6.69. The standard InChI is InChI=1S/C30H32FNO4/c1-20(2)23-9-7-21(8-10-23)17-30(3)14-13-24-16-25(11-12-27(24)36-30)29(35)32(19-28(33)34)18-22-5-4-6-26(31)15-22/h4-12,15-16,20H,13-14,17-19H2,1-3H3,(H,33,34). The number of hydrogen-bond acceptors (Lipinski definition) is 3. The number of nitrogens with zero attached hydrogens (tertiary/aromatic N) is 1. The summed E-state index contributed by atoms with van der Waals surface area (Å²) in [6.45, 7) is 6.00. The van der Waals surface area contributed by atoms with Gasteiger partial charge in [-0.3, -0.25) is 9.59 Å². The second-order valence-electron chi connectivity index (χ2n) is 10.1. The van der Waals surface area contributed by atoms with Crippen molar-refractivity contribution in [2.24, 2.45) is 0 Å². The van der Waals surface area contributed by atoms with Crippen molar-refractivity contribution in [1.29, 1.82) is 0 Å². The molecule has 1 atom stereocenters. The summed E-state index contributed by atoms with van der Waals surface area (Å²) in [7, 11) is 0. The van der Waals surface area contributed by atoms with E-state index >= 15 is 0 Å². The van der Waals surface area contributed by atoms with E-state index < -0.39 is 24.2 Å². The minimum Gasteiger partial charge on any atom is -0.487 e. The van der Waals surface area contributed by atoms with Crippen molar-refractivity contribution >= 4 is 11.9 Å². The molecule has 6 heteroatoms. The van der Waals surface area contributed by atoms with Gasteiger partial charge in [-0.2, -0.15) is 0 Å². The number of ether oxygens (including phenoxy) is 1. The number of hydrogen-bond donors (Lipinski definition) is 1.